The van der Waals surface area contributed by atoms with Crippen LogP contribution in [0.3, 0.4) is 0 Å². The number of anilines is 1. The number of nitrogens with zero attached hydrogens (tertiary/aromatic N) is 2. The third-order valence-corrected chi connectivity index (χ3v) is 6.30. The van der Waals surface area contributed by atoms with Gasteiger partial charge in [0.2, 0.25) is 5.88 Å². The van der Waals surface area contributed by atoms with E-state index in [9.17, 15) is 13.2 Å². The molecule has 2 aromatic heterocycles. The number of nitrogen functional groups attached to an aromatic ring is 1. The highest BCUT2D eigenvalue weighted by Crippen LogP contribution is 2.25. The Hall–Kier alpha value is -3.17. The van der Waals surface area contributed by atoms with Crippen LogP contribution >= 0.6 is 11.3 Å². The smallest absolute Gasteiger partial charge is 0.355 e. The molecule has 0 radical (unpaired) electrons. The van der Waals surface area contributed by atoms with Gasteiger partial charge in [0.1, 0.15) is 10.7 Å². The molecule has 0 spiro atoms. The Balaban J connectivity index is 1.69. The predicted octanol–water partition coefficient (Wildman–Crippen LogP) is 3.14. The van der Waals surface area contributed by atoms with Crippen LogP contribution in [0.4, 0.5) is 5.82 Å². The number of hydrogen-bond acceptors (Lipinski definition) is 7. The second-order valence-corrected chi connectivity index (χ2v) is 8.35. The van der Waals surface area contributed by atoms with Crippen molar-refractivity contribution in [1.82, 2.24) is 9.19 Å². The first-order chi connectivity index (χ1) is 12.9. The molecule has 0 saturated heterocycles. The summed E-state index contributed by atoms with van der Waals surface area (Å²) in [5.41, 5.74) is 5.80. The van der Waals surface area contributed by atoms with Crippen molar-refractivity contribution in [3.8, 4) is 5.88 Å². The Morgan fingerprint density at radius 3 is 2.56 bits per heavy atom. The van der Waals surface area contributed by atoms with Crippen LogP contribution in [0.25, 0.3) is 10.8 Å². The van der Waals surface area contributed by atoms with Gasteiger partial charge in [0.25, 0.3) is 10.0 Å². The lowest BCUT2D eigenvalue weighted by atomic mass is 10.1. The van der Waals surface area contributed by atoms with E-state index < -0.39 is 16.0 Å². The van der Waals surface area contributed by atoms with E-state index in [1.54, 1.807) is 29.6 Å². The van der Waals surface area contributed by atoms with Crippen LogP contribution < -0.4 is 10.5 Å². The molecule has 27 heavy (non-hydrogen) atoms. The molecular formula is C18H13N3O4S2. The summed E-state index contributed by atoms with van der Waals surface area (Å²) in [5, 5.41) is 7.27. The standard InChI is InChI=1S/C18H13N3O4S2/c19-16-11-17(25-18(22)15-6-3-9-26-15)20-21(16)27(23,24)14-8-7-12-4-1-2-5-13(12)10-14/h1-11H,19H2. The molecule has 0 aliphatic carbocycles. The van der Waals surface area contributed by atoms with E-state index in [4.69, 9.17) is 10.5 Å². The Bertz CT molecular complexity index is 1240. The summed E-state index contributed by atoms with van der Waals surface area (Å²) < 4.78 is 31.6. The highest BCUT2D eigenvalue weighted by atomic mass is 32.2. The largest absolute Gasteiger partial charge is 0.401 e. The van der Waals surface area contributed by atoms with Crippen molar-refractivity contribution in [3.05, 3.63) is 70.9 Å². The SMILES string of the molecule is Nc1cc(OC(=O)c2cccs2)nn1S(=O)(=O)c1ccc2ccccc2c1. The number of esters is 1. The predicted molar refractivity (Wildman–Crippen MR) is 102 cm³/mol. The molecule has 4 aromatic rings. The maximum absolute atomic E-state index is 12.9. The normalized spacial score (nSPS) is 11.6. The summed E-state index contributed by atoms with van der Waals surface area (Å²) in [6.07, 6.45) is 0. The van der Waals surface area contributed by atoms with Crippen LogP contribution in [0.5, 0.6) is 5.88 Å². The summed E-state index contributed by atoms with van der Waals surface area (Å²) in [4.78, 5) is 12.4. The van der Waals surface area contributed by atoms with Crippen molar-refractivity contribution in [2.75, 3.05) is 5.73 Å². The maximum atomic E-state index is 12.9. The molecule has 2 aromatic carbocycles. The summed E-state index contributed by atoms with van der Waals surface area (Å²) in [6.45, 7) is 0. The van der Waals surface area contributed by atoms with E-state index in [0.717, 1.165) is 10.8 Å². The summed E-state index contributed by atoms with van der Waals surface area (Å²) >= 11 is 1.21. The number of ether oxygens (including phenoxy) is 1. The molecule has 0 aliphatic rings. The average molecular weight is 399 g/mol. The topological polar surface area (TPSA) is 104 Å². The summed E-state index contributed by atoms with van der Waals surface area (Å²) in [7, 11) is -4.04. The van der Waals surface area contributed by atoms with E-state index in [0.29, 0.717) is 8.96 Å². The monoisotopic (exact) mass is 399 g/mol. The van der Waals surface area contributed by atoms with Gasteiger partial charge in [-0.25, -0.2) is 4.79 Å². The van der Waals surface area contributed by atoms with Gasteiger partial charge in [-0.2, -0.15) is 8.42 Å². The first-order valence-corrected chi connectivity index (χ1v) is 10.1. The van der Waals surface area contributed by atoms with Crippen LogP contribution in [0, 0.1) is 0 Å². The van der Waals surface area contributed by atoms with E-state index in [-0.39, 0.29) is 16.6 Å². The number of carbonyl (C=O) groups excluding carboxylic acids is 1. The van der Waals surface area contributed by atoms with Crippen LogP contribution in [0.2, 0.25) is 0 Å². The molecule has 0 fully saturated rings. The fraction of sp³-hybridized carbons (Fsp3) is 0. The summed E-state index contributed by atoms with van der Waals surface area (Å²) in [5.74, 6) is -0.967. The number of aromatic nitrogens is 2. The minimum Gasteiger partial charge on any atom is -0.401 e. The molecule has 4 rings (SSSR count). The van der Waals surface area contributed by atoms with Gasteiger partial charge in [0.05, 0.1) is 4.90 Å². The Kier molecular flexibility index (Phi) is 4.17. The Morgan fingerprint density at radius 2 is 1.81 bits per heavy atom. The van der Waals surface area contributed by atoms with E-state index >= 15 is 0 Å². The number of fused-ring (bicyclic) bond motifs is 1. The van der Waals surface area contributed by atoms with Crippen LogP contribution in [-0.2, 0) is 10.0 Å². The van der Waals surface area contributed by atoms with Gasteiger partial charge in [0.15, 0.2) is 0 Å². The number of rotatable bonds is 4. The molecule has 0 amide bonds. The molecule has 2 heterocycles. The lowest BCUT2D eigenvalue weighted by molar-refractivity contribution is 0.0732. The molecule has 136 valence electrons. The lowest BCUT2D eigenvalue weighted by Gasteiger charge is -2.07. The highest BCUT2D eigenvalue weighted by Gasteiger charge is 2.23. The van der Waals surface area contributed by atoms with Gasteiger partial charge in [-0.1, -0.05) is 36.4 Å². The van der Waals surface area contributed by atoms with Crippen LogP contribution in [0.15, 0.2) is 70.9 Å². The quantitative estimate of drug-likeness (QED) is 0.529. The van der Waals surface area contributed by atoms with Gasteiger partial charge in [0, 0.05) is 6.07 Å². The van der Waals surface area contributed by atoms with E-state index in [2.05, 4.69) is 5.10 Å². The van der Waals surface area contributed by atoms with E-state index in [1.165, 1.54) is 23.5 Å². The second kappa shape index (κ2) is 6.53. The van der Waals surface area contributed by atoms with Crippen molar-refractivity contribution in [2.24, 2.45) is 0 Å². The molecule has 2 N–H and O–H groups in total. The number of hydrogen-bond donors (Lipinski definition) is 1. The zero-order chi connectivity index (χ0) is 19.0. The van der Waals surface area contributed by atoms with Crippen molar-refractivity contribution in [2.45, 2.75) is 4.90 Å². The van der Waals surface area contributed by atoms with Gasteiger partial charge in [-0.05, 0) is 34.4 Å². The fourth-order valence-electron chi connectivity index (χ4n) is 2.57. The summed E-state index contributed by atoms with van der Waals surface area (Å²) in [6, 6.07) is 16.6. The molecule has 7 nitrogen and oxygen atoms in total. The molecule has 0 aliphatic heterocycles. The Morgan fingerprint density at radius 1 is 1.04 bits per heavy atom. The lowest BCUT2D eigenvalue weighted by Crippen LogP contribution is -2.17. The van der Waals surface area contributed by atoms with Gasteiger partial charge < -0.3 is 10.5 Å². The molecule has 0 saturated carbocycles. The van der Waals surface area contributed by atoms with Crippen molar-refractivity contribution in [3.63, 3.8) is 0 Å². The van der Waals surface area contributed by atoms with Crippen molar-refractivity contribution >= 4 is 43.9 Å². The Labute approximate surface area is 158 Å². The molecule has 0 bridgehead atoms. The molecule has 0 unspecified atom stereocenters. The number of nitrogens with two attached hydrogens (primary N) is 1. The molecule has 0 atom stereocenters. The zero-order valence-corrected chi connectivity index (χ0v) is 15.4. The van der Waals surface area contributed by atoms with Gasteiger partial charge in [-0.3, -0.25) is 0 Å². The fourth-order valence-corrected chi connectivity index (χ4v) is 4.40. The number of carbonyl (C=O) groups is 1. The third kappa shape index (κ3) is 3.18. The second-order valence-electron chi connectivity index (χ2n) is 5.63. The molecule has 9 heteroatoms. The first-order valence-electron chi connectivity index (χ1n) is 7.81. The maximum Gasteiger partial charge on any atom is 0.355 e. The van der Waals surface area contributed by atoms with E-state index in [1.807, 2.05) is 24.3 Å². The minimum atomic E-state index is -4.04. The highest BCUT2D eigenvalue weighted by molar-refractivity contribution is 7.90. The zero-order valence-electron chi connectivity index (χ0n) is 13.8. The molecular weight excluding hydrogens is 386 g/mol. The van der Waals surface area contributed by atoms with Gasteiger partial charge >= 0.3 is 5.97 Å². The van der Waals surface area contributed by atoms with Crippen LogP contribution in [0.1, 0.15) is 9.67 Å². The van der Waals surface area contributed by atoms with Gasteiger partial charge in [-0.15, -0.1) is 20.5 Å². The number of benzene rings is 2. The first kappa shape index (κ1) is 17.3. The van der Waals surface area contributed by atoms with Crippen molar-refractivity contribution < 1.29 is 17.9 Å². The minimum absolute atomic E-state index is 0.0344. The average Bonchev–Trinajstić information content (AvgIpc) is 3.31. The van der Waals surface area contributed by atoms with Crippen LogP contribution in [-0.4, -0.2) is 23.6 Å². The number of thiophene rings is 1. The van der Waals surface area contributed by atoms with Crippen molar-refractivity contribution in [1.29, 1.82) is 0 Å². The third-order valence-electron chi connectivity index (χ3n) is 3.85.